The Kier molecular flexibility index (Phi) is 6.61. The second-order valence-electron chi connectivity index (χ2n) is 7.34. The number of carbonyl (C=O) groups is 1. The molecule has 1 aliphatic rings. The molecule has 1 fully saturated rings. The lowest BCUT2D eigenvalue weighted by atomic mass is 10.0. The molecule has 1 heterocycles. The number of nitrogens with zero attached hydrogens (tertiary/aromatic N) is 2. The Morgan fingerprint density at radius 3 is 2.55 bits per heavy atom. The van der Waals surface area contributed by atoms with Gasteiger partial charge in [0.15, 0.2) is 27.4 Å². The lowest BCUT2D eigenvalue weighted by molar-refractivity contribution is 0.0811. The Morgan fingerprint density at radius 1 is 1.32 bits per heavy atom. The van der Waals surface area contributed by atoms with Crippen LogP contribution in [0.4, 0.5) is 8.78 Å². The van der Waals surface area contributed by atoms with Crippen molar-refractivity contribution in [3.05, 3.63) is 64.3 Å². The summed E-state index contributed by atoms with van der Waals surface area (Å²) in [6.07, 6.45) is 4.08. The van der Waals surface area contributed by atoms with Crippen LogP contribution in [0.3, 0.4) is 0 Å². The predicted molar refractivity (Wildman–Crippen MR) is 111 cm³/mol. The van der Waals surface area contributed by atoms with E-state index in [9.17, 15) is 22.0 Å². The molecule has 31 heavy (non-hydrogen) atoms. The number of sulfone groups is 1. The van der Waals surface area contributed by atoms with E-state index in [1.807, 2.05) is 0 Å². The number of halogens is 3. The van der Waals surface area contributed by atoms with Crippen LogP contribution in [-0.4, -0.2) is 42.3 Å². The summed E-state index contributed by atoms with van der Waals surface area (Å²) in [4.78, 5) is 20.0. The van der Waals surface area contributed by atoms with Crippen molar-refractivity contribution in [2.24, 2.45) is 0 Å². The zero-order chi connectivity index (χ0) is 22.8. The SMILES string of the molecule is C[C@H](/C=C/S(C)(=O)=O)NC(=O)c1ncc(O[C@@H](c2cccc(F)c2Cl)C2(F)CC2)cn1. The maximum absolute atomic E-state index is 14.9. The van der Waals surface area contributed by atoms with Crippen LogP contribution in [0.25, 0.3) is 0 Å². The number of hydrogen-bond donors (Lipinski definition) is 1. The minimum Gasteiger partial charge on any atom is -0.479 e. The van der Waals surface area contributed by atoms with E-state index in [0.29, 0.717) is 0 Å². The quantitative estimate of drug-likeness (QED) is 0.632. The Labute approximate surface area is 183 Å². The molecule has 1 amide bonds. The Hall–Kier alpha value is -2.59. The predicted octanol–water partition coefficient (Wildman–Crippen LogP) is 3.57. The van der Waals surface area contributed by atoms with Gasteiger partial charge < -0.3 is 10.1 Å². The average molecular weight is 472 g/mol. The minimum absolute atomic E-state index is 0.0795. The Morgan fingerprint density at radius 2 is 1.97 bits per heavy atom. The number of rotatable bonds is 8. The highest BCUT2D eigenvalue weighted by atomic mass is 35.5. The Bertz CT molecular complexity index is 1110. The highest BCUT2D eigenvalue weighted by Crippen LogP contribution is 2.52. The van der Waals surface area contributed by atoms with Crippen molar-refractivity contribution < 1.29 is 26.7 Å². The van der Waals surface area contributed by atoms with Gasteiger partial charge in [-0.15, -0.1) is 0 Å². The van der Waals surface area contributed by atoms with Crippen LogP contribution in [0.5, 0.6) is 5.75 Å². The normalized spacial score (nSPS) is 17.2. The van der Waals surface area contributed by atoms with E-state index in [1.54, 1.807) is 6.92 Å². The molecule has 1 saturated carbocycles. The van der Waals surface area contributed by atoms with Gasteiger partial charge in [0.1, 0.15) is 5.82 Å². The van der Waals surface area contributed by atoms with E-state index in [4.69, 9.17) is 16.3 Å². The van der Waals surface area contributed by atoms with Gasteiger partial charge in [-0.3, -0.25) is 4.79 Å². The minimum atomic E-state index is -3.32. The number of benzene rings is 1. The Balaban J connectivity index is 1.72. The van der Waals surface area contributed by atoms with E-state index in [0.717, 1.165) is 11.7 Å². The fourth-order valence-electron chi connectivity index (χ4n) is 2.76. The molecule has 11 heteroatoms. The van der Waals surface area contributed by atoms with E-state index in [2.05, 4.69) is 15.3 Å². The molecule has 2 aromatic rings. The number of ether oxygens (including phenoxy) is 1. The van der Waals surface area contributed by atoms with Crippen LogP contribution in [-0.2, 0) is 9.84 Å². The number of nitrogens with one attached hydrogen (secondary N) is 1. The first-order valence-electron chi connectivity index (χ1n) is 9.29. The third kappa shape index (κ3) is 5.98. The standard InChI is InChI=1S/C20H20ClF2N3O4S/c1-12(6-9-31(2,28)29)26-19(27)18-24-10-13(11-25-18)30-17(20(23)7-8-20)14-4-3-5-15(22)16(14)21/h3-6,9-12,17H,7-8H2,1-2H3,(H,26,27)/b9-6+/t12-,17+/m1/s1. The molecule has 1 aliphatic carbocycles. The zero-order valence-electron chi connectivity index (χ0n) is 16.7. The molecule has 1 aromatic carbocycles. The number of alkyl halides is 1. The largest absolute Gasteiger partial charge is 0.479 e. The summed E-state index contributed by atoms with van der Waals surface area (Å²) in [5.41, 5.74) is -1.51. The summed E-state index contributed by atoms with van der Waals surface area (Å²) in [6, 6.07) is 3.50. The topological polar surface area (TPSA) is 98.2 Å². The van der Waals surface area contributed by atoms with Crippen molar-refractivity contribution >= 4 is 27.3 Å². The number of amides is 1. The second-order valence-corrected chi connectivity index (χ2v) is 9.65. The van der Waals surface area contributed by atoms with E-state index < -0.39 is 39.4 Å². The van der Waals surface area contributed by atoms with Crippen LogP contribution >= 0.6 is 11.6 Å². The first-order valence-corrected chi connectivity index (χ1v) is 11.6. The van der Waals surface area contributed by atoms with Crippen LogP contribution in [0.1, 0.15) is 42.1 Å². The van der Waals surface area contributed by atoms with Gasteiger partial charge in [-0.1, -0.05) is 29.8 Å². The van der Waals surface area contributed by atoms with E-state index in [-0.39, 0.29) is 35.0 Å². The highest BCUT2D eigenvalue weighted by molar-refractivity contribution is 7.93. The third-order valence-electron chi connectivity index (χ3n) is 4.52. The van der Waals surface area contributed by atoms with Crippen LogP contribution in [0.2, 0.25) is 5.02 Å². The van der Waals surface area contributed by atoms with Crippen molar-refractivity contribution in [1.82, 2.24) is 15.3 Å². The van der Waals surface area contributed by atoms with Crippen molar-refractivity contribution in [3.8, 4) is 5.75 Å². The monoisotopic (exact) mass is 471 g/mol. The van der Waals surface area contributed by atoms with E-state index >= 15 is 0 Å². The first kappa shape index (κ1) is 23.1. The summed E-state index contributed by atoms with van der Waals surface area (Å²) in [7, 11) is -3.32. The summed E-state index contributed by atoms with van der Waals surface area (Å²) < 4.78 is 56.7. The van der Waals surface area contributed by atoms with Crippen molar-refractivity contribution in [2.45, 2.75) is 37.6 Å². The van der Waals surface area contributed by atoms with Gasteiger partial charge in [0.05, 0.1) is 17.4 Å². The van der Waals surface area contributed by atoms with Crippen molar-refractivity contribution in [2.75, 3.05) is 6.26 Å². The van der Waals surface area contributed by atoms with Gasteiger partial charge in [0.25, 0.3) is 5.91 Å². The fourth-order valence-corrected chi connectivity index (χ4v) is 3.51. The maximum Gasteiger partial charge on any atom is 0.289 e. The summed E-state index contributed by atoms with van der Waals surface area (Å²) >= 11 is 6.01. The number of carbonyl (C=O) groups excluding carboxylic acids is 1. The third-order valence-corrected chi connectivity index (χ3v) is 5.57. The lowest BCUT2D eigenvalue weighted by Crippen LogP contribution is -2.32. The van der Waals surface area contributed by atoms with Crippen molar-refractivity contribution in [1.29, 1.82) is 0 Å². The summed E-state index contributed by atoms with van der Waals surface area (Å²) in [5.74, 6) is -1.42. The molecule has 0 spiro atoms. The number of aromatic nitrogens is 2. The molecule has 0 bridgehead atoms. The molecule has 1 N–H and O–H groups in total. The summed E-state index contributed by atoms with van der Waals surface area (Å²) in [6.45, 7) is 1.58. The van der Waals surface area contributed by atoms with Crippen LogP contribution < -0.4 is 10.1 Å². The maximum atomic E-state index is 14.9. The molecule has 3 rings (SSSR count). The van der Waals surface area contributed by atoms with Crippen molar-refractivity contribution in [3.63, 3.8) is 0 Å². The highest BCUT2D eigenvalue weighted by Gasteiger charge is 2.53. The number of hydrogen-bond acceptors (Lipinski definition) is 6. The molecule has 0 saturated heterocycles. The molecule has 166 valence electrons. The van der Waals surface area contributed by atoms with Crippen LogP contribution in [0, 0.1) is 5.82 Å². The van der Waals surface area contributed by atoms with Gasteiger partial charge in [0.2, 0.25) is 5.82 Å². The van der Waals surface area contributed by atoms with Gasteiger partial charge in [-0.05, 0) is 25.8 Å². The molecule has 1 aromatic heterocycles. The van der Waals surface area contributed by atoms with Gasteiger partial charge in [-0.25, -0.2) is 27.2 Å². The second kappa shape index (κ2) is 8.88. The molecular weight excluding hydrogens is 452 g/mol. The molecular formula is C20H20ClF2N3O4S. The average Bonchev–Trinajstić information content (AvgIpc) is 3.45. The summed E-state index contributed by atoms with van der Waals surface area (Å²) in [5, 5.41) is 3.29. The van der Waals surface area contributed by atoms with Crippen LogP contribution in [0.15, 0.2) is 42.1 Å². The van der Waals surface area contributed by atoms with Gasteiger partial charge in [0, 0.05) is 23.3 Å². The molecule has 0 radical (unpaired) electrons. The zero-order valence-corrected chi connectivity index (χ0v) is 18.3. The smallest absolute Gasteiger partial charge is 0.289 e. The molecule has 0 aliphatic heterocycles. The molecule has 7 nitrogen and oxygen atoms in total. The fraction of sp³-hybridized carbons (Fsp3) is 0.350. The van der Waals surface area contributed by atoms with Gasteiger partial charge >= 0.3 is 0 Å². The lowest BCUT2D eigenvalue weighted by Gasteiger charge is -2.23. The van der Waals surface area contributed by atoms with E-state index in [1.165, 1.54) is 36.7 Å². The molecule has 2 atom stereocenters. The van der Waals surface area contributed by atoms with Gasteiger partial charge in [-0.2, -0.15) is 0 Å². The molecule has 0 unspecified atom stereocenters. The first-order chi connectivity index (χ1) is 14.5.